The van der Waals surface area contributed by atoms with E-state index in [1.54, 1.807) is 36.4 Å². The molecule has 1 saturated carbocycles. The number of hydrogen-bond acceptors (Lipinski definition) is 4. The molecule has 2 N–H and O–H groups in total. The van der Waals surface area contributed by atoms with Crippen LogP contribution in [0, 0.1) is 18.8 Å². The average molecular weight is 387 g/mol. The summed E-state index contributed by atoms with van der Waals surface area (Å²) in [5.74, 6) is -1.90. The van der Waals surface area contributed by atoms with Crippen LogP contribution in [0.3, 0.4) is 0 Å². The second-order valence-electron chi connectivity index (χ2n) is 6.42. The van der Waals surface area contributed by atoms with Crippen molar-refractivity contribution in [3.05, 3.63) is 58.6 Å². The maximum Gasteiger partial charge on any atom is 0.339 e. The van der Waals surface area contributed by atoms with Gasteiger partial charge in [-0.1, -0.05) is 29.8 Å². The van der Waals surface area contributed by atoms with Crippen molar-refractivity contribution in [3.63, 3.8) is 0 Å². The summed E-state index contributed by atoms with van der Waals surface area (Å²) in [4.78, 5) is 36.7. The van der Waals surface area contributed by atoms with Crippen LogP contribution in [0.1, 0.15) is 22.3 Å². The van der Waals surface area contributed by atoms with Crippen molar-refractivity contribution >= 4 is 40.8 Å². The first-order chi connectivity index (χ1) is 12.9. The Morgan fingerprint density at radius 3 is 2.30 bits per heavy atom. The number of halogens is 1. The fraction of sp³-hybridized carbons (Fsp3) is 0.250. The number of anilines is 2. The molecular weight excluding hydrogens is 368 g/mol. The fourth-order valence-electron chi connectivity index (χ4n) is 2.83. The molecule has 0 bridgehead atoms. The quantitative estimate of drug-likeness (QED) is 0.768. The second kappa shape index (κ2) is 7.80. The lowest BCUT2D eigenvalue weighted by molar-refractivity contribution is -0.122. The number of amides is 2. The number of carbonyl (C=O) groups excluding carboxylic acids is 3. The standard InChI is InChI=1S/C20H19ClN2O4/c1-11-7-8-12(21)9-17(11)23-19(25)15-10-14(15)18(24)22-16-6-4-3-5-13(16)20(26)27-2/h3-9,14-15H,10H2,1-2H3,(H,22,24)(H,23,25). The normalized spacial score (nSPS) is 17.7. The van der Waals surface area contributed by atoms with Gasteiger partial charge in [-0.15, -0.1) is 0 Å². The maximum atomic E-state index is 12.5. The number of rotatable bonds is 5. The van der Waals surface area contributed by atoms with Gasteiger partial charge in [-0.25, -0.2) is 4.79 Å². The maximum absolute atomic E-state index is 12.5. The Labute approximate surface area is 161 Å². The van der Waals surface area contributed by atoms with Gasteiger partial charge in [-0.05, 0) is 43.2 Å². The number of hydrogen-bond donors (Lipinski definition) is 2. The summed E-state index contributed by atoms with van der Waals surface area (Å²) in [6.45, 7) is 1.87. The Bertz CT molecular complexity index is 913. The molecule has 0 aromatic heterocycles. The summed E-state index contributed by atoms with van der Waals surface area (Å²) in [5.41, 5.74) is 2.16. The molecule has 0 aliphatic heterocycles. The van der Waals surface area contributed by atoms with Crippen LogP contribution in [0.15, 0.2) is 42.5 Å². The van der Waals surface area contributed by atoms with Crippen molar-refractivity contribution in [2.75, 3.05) is 17.7 Å². The predicted octanol–water partition coefficient (Wildman–Crippen LogP) is 3.65. The Morgan fingerprint density at radius 1 is 1.00 bits per heavy atom. The molecule has 27 heavy (non-hydrogen) atoms. The zero-order chi connectivity index (χ0) is 19.6. The molecule has 2 atom stereocenters. The van der Waals surface area contributed by atoms with Gasteiger partial charge in [0.1, 0.15) is 0 Å². The lowest BCUT2D eigenvalue weighted by atomic mass is 10.1. The van der Waals surface area contributed by atoms with Gasteiger partial charge in [-0.2, -0.15) is 0 Å². The van der Waals surface area contributed by atoms with Gasteiger partial charge in [-0.3, -0.25) is 9.59 Å². The molecule has 1 fully saturated rings. The van der Waals surface area contributed by atoms with Crippen molar-refractivity contribution in [3.8, 4) is 0 Å². The number of carbonyl (C=O) groups is 3. The number of methoxy groups -OCH3 is 1. The van der Waals surface area contributed by atoms with E-state index in [0.717, 1.165) is 5.56 Å². The summed E-state index contributed by atoms with van der Waals surface area (Å²) < 4.78 is 4.72. The smallest absolute Gasteiger partial charge is 0.339 e. The molecule has 3 rings (SSSR count). The number of nitrogens with one attached hydrogen (secondary N) is 2. The molecule has 2 unspecified atom stereocenters. The minimum Gasteiger partial charge on any atom is -0.465 e. The van der Waals surface area contributed by atoms with Crippen LogP contribution < -0.4 is 10.6 Å². The van der Waals surface area contributed by atoms with E-state index in [1.165, 1.54) is 7.11 Å². The summed E-state index contributed by atoms with van der Waals surface area (Å²) in [6.07, 6.45) is 0.456. The molecule has 6 nitrogen and oxygen atoms in total. The van der Waals surface area contributed by atoms with Crippen LogP contribution in [0.4, 0.5) is 11.4 Å². The lowest BCUT2D eigenvalue weighted by Crippen LogP contribution is -2.21. The van der Waals surface area contributed by atoms with E-state index < -0.39 is 17.8 Å². The molecule has 2 aromatic carbocycles. The minimum atomic E-state index is -0.535. The van der Waals surface area contributed by atoms with E-state index in [-0.39, 0.29) is 17.4 Å². The van der Waals surface area contributed by atoms with Gasteiger partial charge in [0.15, 0.2) is 0 Å². The van der Waals surface area contributed by atoms with Crippen LogP contribution in [-0.4, -0.2) is 24.9 Å². The topological polar surface area (TPSA) is 84.5 Å². The molecule has 0 heterocycles. The van der Waals surface area contributed by atoms with Crippen LogP contribution in [-0.2, 0) is 14.3 Å². The van der Waals surface area contributed by atoms with Crippen molar-refractivity contribution in [2.45, 2.75) is 13.3 Å². The predicted molar refractivity (Wildman–Crippen MR) is 103 cm³/mol. The van der Waals surface area contributed by atoms with Gasteiger partial charge in [0.25, 0.3) is 0 Å². The van der Waals surface area contributed by atoms with E-state index in [2.05, 4.69) is 10.6 Å². The molecule has 0 spiro atoms. The largest absolute Gasteiger partial charge is 0.465 e. The van der Waals surface area contributed by atoms with Crippen LogP contribution in [0.5, 0.6) is 0 Å². The third-order valence-electron chi connectivity index (χ3n) is 4.51. The summed E-state index contributed by atoms with van der Waals surface area (Å²) >= 11 is 5.96. The highest BCUT2D eigenvalue weighted by Crippen LogP contribution is 2.40. The Kier molecular flexibility index (Phi) is 5.46. The van der Waals surface area contributed by atoms with Crippen molar-refractivity contribution in [1.29, 1.82) is 0 Å². The Morgan fingerprint density at radius 2 is 1.63 bits per heavy atom. The molecular formula is C20H19ClN2O4. The fourth-order valence-corrected chi connectivity index (χ4v) is 3.01. The van der Waals surface area contributed by atoms with Gasteiger partial charge >= 0.3 is 5.97 Å². The van der Waals surface area contributed by atoms with E-state index in [4.69, 9.17) is 16.3 Å². The summed E-state index contributed by atoms with van der Waals surface area (Å²) in [6, 6.07) is 11.8. The molecule has 0 radical (unpaired) electrons. The van der Waals surface area contributed by atoms with Crippen LogP contribution >= 0.6 is 11.6 Å². The van der Waals surface area contributed by atoms with E-state index in [1.807, 2.05) is 13.0 Å². The van der Waals surface area contributed by atoms with Crippen molar-refractivity contribution in [2.24, 2.45) is 11.8 Å². The third-order valence-corrected chi connectivity index (χ3v) is 4.75. The lowest BCUT2D eigenvalue weighted by Gasteiger charge is -2.10. The van der Waals surface area contributed by atoms with E-state index in [9.17, 15) is 14.4 Å². The van der Waals surface area contributed by atoms with E-state index >= 15 is 0 Å². The molecule has 1 aliphatic rings. The molecule has 2 amide bonds. The number of aryl methyl sites for hydroxylation is 1. The van der Waals surface area contributed by atoms with Gasteiger partial charge in [0.2, 0.25) is 11.8 Å². The second-order valence-corrected chi connectivity index (χ2v) is 6.86. The van der Waals surface area contributed by atoms with Crippen molar-refractivity contribution in [1.82, 2.24) is 0 Å². The first-order valence-corrected chi connectivity index (χ1v) is 8.83. The number of benzene rings is 2. The highest BCUT2D eigenvalue weighted by Gasteiger charge is 2.48. The minimum absolute atomic E-state index is 0.221. The molecule has 0 saturated heterocycles. The summed E-state index contributed by atoms with van der Waals surface area (Å²) in [7, 11) is 1.28. The van der Waals surface area contributed by atoms with Crippen LogP contribution in [0.2, 0.25) is 5.02 Å². The van der Waals surface area contributed by atoms with Gasteiger partial charge in [0.05, 0.1) is 30.2 Å². The Hall–Kier alpha value is -2.86. The Balaban J connectivity index is 1.63. The first kappa shape index (κ1) is 18.9. The number of esters is 1. The zero-order valence-electron chi connectivity index (χ0n) is 14.9. The van der Waals surface area contributed by atoms with Gasteiger partial charge in [0, 0.05) is 10.7 Å². The van der Waals surface area contributed by atoms with Crippen LogP contribution in [0.25, 0.3) is 0 Å². The SMILES string of the molecule is COC(=O)c1ccccc1NC(=O)C1CC1C(=O)Nc1cc(Cl)ccc1C. The van der Waals surface area contributed by atoms with Gasteiger partial charge < -0.3 is 15.4 Å². The summed E-state index contributed by atoms with van der Waals surface area (Å²) in [5, 5.41) is 6.07. The number of ether oxygens (including phenoxy) is 1. The molecule has 7 heteroatoms. The van der Waals surface area contributed by atoms with Crippen molar-refractivity contribution < 1.29 is 19.1 Å². The highest BCUT2D eigenvalue weighted by atomic mass is 35.5. The van der Waals surface area contributed by atoms with E-state index in [0.29, 0.717) is 22.8 Å². The third kappa shape index (κ3) is 4.28. The molecule has 140 valence electrons. The molecule has 1 aliphatic carbocycles. The monoisotopic (exact) mass is 386 g/mol. The highest BCUT2D eigenvalue weighted by molar-refractivity contribution is 6.31. The number of para-hydroxylation sites is 1. The molecule has 2 aromatic rings. The first-order valence-electron chi connectivity index (χ1n) is 8.46. The average Bonchev–Trinajstić information content (AvgIpc) is 3.45. The zero-order valence-corrected chi connectivity index (χ0v) is 15.7.